The van der Waals surface area contributed by atoms with E-state index in [0.717, 1.165) is 16.7 Å². The molecule has 1 amide bonds. The Bertz CT molecular complexity index is 2540. The fourth-order valence-electron chi connectivity index (χ4n) is 9.08. The van der Waals surface area contributed by atoms with E-state index >= 15 is 0 Å². The first kappa shape index (κ1) is 46.7. The molecule has 4 aromatic carbocycles. The number of nitrogens with one attached hydrogen (secondary N) is 1. The molecule has 0 aliphatic carbocycles. The number of methoxy groups -OCH3 is 2. The van der Waals surface area contributed by atoms with E-state index < -0.39 is 44.3 Å². The first-order valence-electron chi connectivity index (χ1n) is 22.2. The number of hydrogen-bond donors (Lipinski definition) is 1. The molecule has 2 aliphatic rings. The maximum Gasteiger partial charge on any atom is 0.259 e. The van der Waals surface area contributed by atoms with Gasteiger partial charge in [-0.2, -0.15) is 5.26 Å². The molecule has 2 unspecified atom stereocenters. The first-order valence-corrected chi connectivity index (χ1v) is 23.3. The van der Waals surface area contributed by atoms with Crippen molar-refractivity contribution in [2.45, 2.75) is 95.3 Å². The van der Waals surface area contributed by atoms with Gasteiger partial charge in [0.15, 0.2) is 23.2 Å². The minimum atomic E-state index is -1.78. The molecule has 0 saturated carbocycles. The summed E-state index contributed by atoms with van der Waals surface area (Å²) in [5, 5.41) is 12.5. The number of aromatic nitrogens is 4. The summed E-state index contributed by atoms with van der Waals surface area (Å²) in [6.07, 6.45) is 0.674. The van der Waals surface area contributed by atoms with Crippen molar-refractivity contribution in [3.05, 3.63) is 144 Å². The summed E-state index contributed by atoms with van der Waals surface area (Å²) in [5.41, 5.74) is 1.39. The number of anilines is 1. The molecule has 8 rings (SSSR count). The number of benzene rings is 4. The van der Waals surface area contributed by atoms with Gasteiger partial charge in [-0.25, -0.2) is 19.6 Å². The van der Waals surface area contributed by atoms with Crippen LogP contribution in [0.5, 0.6) is 11.5 Å². The second kappa shape index (κ2) is 20.4. The molecule has 2 bridgehead atoms. The van der Waals surface area contributed by atoms with Gasteiger partial charge in [-0.05, 0) is 87.2 Å². The highest BCUT2D eigenvalue weighted by atomic mass is 31.2. The Hall–Kier alpha value is -5.82. The van der Waals surface area contributed by atoms with Gasteiger partial charge in [-0.3, -0.25) is 9.36 Å². The first-order chi connectivity index (χ1) is 32.1. The fraction of sp³-hybridized carbons (Fsp3) is 0.380. The van der Waals surface area contributed by atoms with Crippen LogP contribution in [-0.4, -0.2) is 93.5 Å². The van der Waals surface area contributed by atoms with Crippen LogP contribution in [0.3, 0.4) is 0 Å². The zero-order chi connectivity index (χ0) is 46.4. The van der Waals surface area contributed by atoms with E-state index in [9.17, 15) is 10.1 Å². The number of nitriles is 1. The van der Waals surface area contributed by atoms with Gasteiger partial charge in [0.05, 0.1) is 52.4 Å². The highest BCUT2D eigenvalue weighted by Gasteiger charge is 2.68. The average Bonchev–Trinajstić information content (AvgIpc) is 4.03. The molecule has 6 atom stereocenters. The second-order valence-corrected chi connectivity index (χ2v) is 18.1. The van der Waals surface area contributed by atoms with Crippen LogP contribution in [0.4, 0.5) is 5.82 Å². The third-order valence-corrected chi connectivity index (χ3v) is 14.2. The Kier molecular flexibility index (Phi) is 14.4. The van der Waals surface area contributed by atoms with Crippen molar-refractivity contribution in [1.29, 1.82) is 5.26 Å². The second-order valence-electron chi connectivity index (χ2n) is 16.7. The number of hydrogen-bond acceptors (Lipinski definition) is 13. The third-order valence-electron chi connectivity index (χ3n) is 12.1. The number of amides is 1. The number of imidazole rings is 1. The summed E-state index contributed by atoms with van der Waals surface area (Å²) >= 11 is 0. The van der Waals surface area contributed by atoms with Gasteiger partial charge < -0.3 is 38.0 Å². The minimum absolute atomic E-state index is 0.0266. The molecule has 2 aromatic heterocycles. The van der Waals surface area contributed by atoms with Crippen molar-refractivity contribution in [3.63, 3.8) is 0 Å². The highest BCUT2D eigenvalue weighted by molar-refractivity contribution is 7.44. The van der Waals surface area contributed by atoms with E-state index in [-0.39, 0.29) is 43.4 Å². The van der Waals surface area contributed by atoms with Crippen molar-refractivity contribution in [1.82, 2.24) is 24.2 Å². The van der Waals surface area contributed by atoms with Gasteiger partial charge >= 0.3 is 0 Å². The Morgan fingerprint density at radius 2 is 1.50 bits per heavy atom. The van der Waals surface area contributed by atoms with Crippen LogP contribution in [0.2, 0.25) is 0 Å². The predicted octanol–water partition coefficient (Wildman–Crippen LogP) is 9.21. The molecular weight excluding hydrogens is 858 g/mol. The SMILES string of the molecule is CC[C@@H](OC(c1ccccc1)(c1ccc(OC)cc1)c1ccc(OC)cc1)C12CO[C@@H]([C@H](n3cnc4c(NC(=O)c5ccccc5)ncnc43)O1)[C@@H]2OP(OCCC#N)N(C(C)C)C(C)C. The molecule has 15 nitrogen and oxygen atoms in total. The Balaban J connectivity index is 1.27. The Morgan fingerprint density at radius 1 is 0.894 bits per heavy atom. The lowest BCUT2D eigenvalue weighted by atomic mass is 9.79. The third kappa shape index (κ3) is 8.90. The van der Waals surface area contributed by atoms with Crippen molar-refractivity contribution in [2.24, 2.45) is 0 Å². The lowest BCUT2D eigenvalue weighted by Gasteiger charge is -2.45. The topological polar surface area (TPSA) is 164 Å². The Labute approximate surface area is 386 Å². The fourth-order valence-corrected chi connectivity index (χ4v) is 10.9. The molecule has 1 N–H and O–H groups in total. The lowest BCUT2D eigenvalue weighted by Crippen LogP contribution is -2.56. The molecule has 4 heterocycles. The summed E-state index contributed by atoms with van der Waals surface area (Å²) in [6.45, 7) is 10.8. The maximum absolute atomic E-state index is 13.3. The maximum atomic E-state index is 13.3. The number of rotatable bonds is 20. The normalized spacial score (nSPS) is 20.2. The van der Waals surface area contributed by atoms with E-state index in [4.69, 9.17) is 37.7 Å². The molecule has 344 valence electrons. The molecule has 2 fully saturated rings. The van der Waals surface area contributed by atoms with Crippen LogP contribution >= 0.6 is 8.53 Å². The quantitative estimate of drug-likeness (QED) is 0.0438. The van der Waals surface area contributed by atoms with Crippen LogP contribution in [0.25, 0.3) is 11.2 Å². The zero-order valence-corrected chi connectivity index (χ0v) is 39.1. The van der Waals surface area contributed by atoms with Crippen LogP contribution in [0.1, 0.15) is 80.7 Å². The molecule has 2 saturated heterocycles. The zero-order valence-electron chi connectivity index (χ0n) is 38.2. The van der Waals surface area contributed by atoms with Crippen molar-refractivity contribution in [2.75, 3.05) is 32.8 Å². The van der Waals surface area contributed by atoms with Gasteiger partial charge in [0.1, 0.15) is 41.2 Å². The monoisotopic (exact) mass is 913 g/mol. The summed E-state index contributed by atoms with van der Waals surface area (Å²) in [4.78, 5) is 27.1. The van der Waals surface area contributed by atoms with Gasteiger partial charge in [-0.15, -0.1) is 0 Å². The smallest absolute Gasteiger partial charge is 0.259 e. The summed E-state index contributed by atoms with van der Waals surface area (Å²) in [6, 6.07) is 37.1. The molecule has 2 aliphatic heterocycles. The van der Waals surface area contributed by atoms with Crippen LogP contribution < -0.4 is 14.8 Å². The van der Waals surface area contributed by atoms with Gasteiger partial charge in [0.2, 0.25) is 0 Å². The van der Waals surface area contributed by atoms with Gasteiger partial charge in [0, 0.05) is 17.6 Å². The molecular formula is C50H56N7O8P. The number of carbonyl (C=O) groups excluding carboxylic acids is 1. The van der Waals surface area contributed by atoms with Crippen LogP contribution in [0, 0.1) is 11.3 Å². The standard InChI is InChI=1S/C50H56N7O8P/c1-8-41(63-50(36-18-13-10-14-19-36,37-20-24-39(59-6)25-21-37)38-22-26-40(60-7)27-23-38)49-30-61-43(44(49)65-66(62-29-15-28-51)57(33(2)3)34(4)5)48(64-49)56-32-54-42-45(52-31-53-46(42)56)55-47(58)35-16-11-9-12-17-35/h9-14,16-27,31-34,41,43-44,48H,8,15,29-30H2,1-7H3,(H,52,53,55,58)/t41-,43-,44+,48-,49?,66?/m1/s1. The van der Waals surface area contributed by atoms with Crippen LogP contribution in [0.15, 0.2) is 122 Å². The van der Waals surface area contributed by atoms with Gasteiger partial charge in [0.25, 0.3) is 14.4 Å². The molecule has 0 spiro atoms. The largest absolute Gasteiger partial charge is 0.497 e. The molecule has 66 heavy (non-hydrogen) atoms. The van der Waals surface area contributed by atoms with Crippen molar-refractivity contribution >= 4 is 31.4 Å². The van der Waals surface area contributed by atoms with Crippen molar-refractivity contribution < 1.29 is 37.5 Å². The van der Waals surface area contributed by atoms with E-state index in [0.29, 0.717) is 34.6 Å². The average molecular weight is 914 g/mol. The van der Waals surface area contributed by atoms with Gasteiger partial charge in [-0.1, -0.05) is 79.7 Å². The Morgan fingerprint density at radius 3 is 2.08 bits per heavy atom. The number of ether oxygens (including phenoxy) is 5. The molecule has 6 aromatic rings. The van der Waals surface area contributed by atoms with E-state index in [1.54, 1.807) is 44.8 Å². The number of nitrogens with zero attached hydrogens (tertiary/aromatic N) is 6. The summed E-state index contributed by atoms with van der Waals surface area (Å²) < 4.78 is 51.3. The highest BCUT2D eigenvalue weighted by Crippen LogP contribution is 2.58. The van der Waals surface area contributed by atoms with E-state index in [2.05, 4.69) is 72.8 Å². The van der Waals surface area contributed by atoms with E-state index in [1.807, 2.05) is 77.4 Å². The lowest BCUT2D eigenvalue weighted by molar-refractivity contribution is -0.233. The molecule has 0 radical (unpaired) electrons. The predicted molar refractivity (Wildman–Crippen MR) is 250 cm³/mol. The number of carbonyl (C=O) groups is 1. The summed E-state index contributed by atoms with van der Waals surface area (Å²) in [5.74, 6) is 1.32. The summed E-state index contributed by atoms with van der Waals surface area (Å²) in [7, 11) is 1.51. The number of fused-ring (bicyclic) bond motifs is 3. The minimum Gasteiger partial charge on any atom is -0.497 e. The van der Waals surface area contributed by atoms with Crippen molar-refractivity contribution in [3.8, 4) is 17.6 Å². The van der Waals surface area contributed by atoms with Crippen LogP contribution in [-0.2, 0) is 28.9 Å². The molecule has 16 heteroatoms. The van der Waals surface area contributed by atoms with E-state index in [1.165, 1.54) is 6.33 Å².